The molecule has 0 radical (unpaired) electrons. The summed E-state index contributed by atoms with van der Waals surface area (Å²) in [5.74, 6) is -1.93. The molecule has 1 N–H and O–H groups in total. The maximum Gasteiger partial charge on any atom is 0.255 e. The van der Waals surface area contributed by atoms with E-state index in [0.29, 0.717) is 16.8 Å². The summed E-state index contributed by atoms with van der Waals surface area (Å²) < 4.78 is 28.5. The molecule has 2 atom stereocenters. The van der Waals surface area contributed by atoms with Crippen LogP contribution in [0.15, 0.2) is 18.2 Å². The Labute approximate surface area is 145 Å². The van der Waals surface area contributed by atoms with Crippen molar-refractivity contribution in [2.75, 3.05) is 13.6 Å². The van der Waals surface area contributed by atoms with Gasteiger partial charge in [0.15, 0.2) is 11.6 Å². The number of aromatic nitrogens is 2. The van der Waals surface area contributed by atoms with Gasteiger partial charge < -0.3 is 5.32 Å². The first-order valence-corrected chi connectivity index (χ1v) is 8.26. The lowest BCUT2D eigenvalue weighted by molar-refractivity contribution is 0.0926. The van der Waals surface area contributed by atoms with Crippen molar-refractivity contribution in [1.82, 2.24) is 20.0 Å². The zero-order chi connectivity index (χ0) is 18.3. The summed E-state index contributed by atoms with van der Waals surface area (Å²) in [7, 11) is 3.71. The van der Waals surface area contributed by atoms with Gasteiger partial charge >= 0.3 is 0 Å². The van der Waals surface area contributed by atoms with Crippen LogP contribution >= 0.6 is 0 Å². The van der Waals surface area contributed by atoms with E-state index in [1.807, 2.05) is 18.9 Å². The van der Waals surface area contributed by atoms with Crippen LogP contribution in [-0.4, -0.2) is 40.2 Å². The zero-order valence-corrected chi connectivity index (χ0v) is 14.8. The number of likely N-dealkylation sites (N-methyl/N-ethyl adjacent to an activating group) is 1. The van der Waals surface area contributed by atoms with Gasteiger partial charge in [-0.1, -0.05) is 6.07 Å². The smallest absolute Gasteiger partial charge is 0.255 e. The monoisotopic (exact) mass is 348 g/mol. The molecule has 1 saturated heterocycles. The van der Waals surface area contributed by atoms with E-state index in [-0.39, 0.29) is 18.0 Å². The number of rotatable bonds is 3. The van der Waals surface area contributed by atoms with Gasteiger partial charge in [0, 0.05) is 19.3 Å². The highest BCUT2D eigenvalue weighted by Gasteiger charge is 2.35. The molecular weight excluding hydrogens is 326 g/mol. The van der Waals surface area contributed by atoms with Crippen LogP contribution in [0.5, 0.6) is 0 Å². The quantitative estimate of drug-likeness (QED) is 0.927. The number of amides is 1. The third-order valence-corrected chi connectivity index (χ3v) is 4.99. The minimum Gasteiger partial charge on any atom is -0.347 e. The molecule has 0 bridgehead atoms. The average molecular weight is 348 g/mol. The molecule has 1 aromatic heterocycles. The number of hydrogen-bond acceptors (Lipinski definition) is 3. The summed E-state index contributed by atoms with van der Waals surface area (Å²) in [5.41, 5.74) is 2.70. The highest BCUT2D eigenvalue weighted by Crippen LogP contribution is 2.32. The van der Waals surface area contributed by atoms with Crippen molar-refractivity contribution in [2.45, 2.75) is 32.4 Å². The van der Waals surface area contributed by atoms with Crippen molar-refractivity contribution in [1.29, 1.82) is 0 Å². The van der Waals surface area contributed by atoms with Gasteiger partial charge in [0.1, 0.15) is 0 Å². The van der Waals surface area contributed by atoms with Crippen LogP contribution in [0.3, 0.4) is 0 Å². The SMILES string of the molecule is Cc1nn(C)c(C)c1C(=O)NC1CCN(C)C1c1ccc(F)c(F)c1. The molecule has 0 saturated carbocycles. The van der Waals surface area contributed by atoms with Gasteiger partial charge in [0.05, 0.1) is 23.3 Å². The number of carbonyl (C=O) groups excluding carboxylic acids is 1. The van der Waals surface area contributed by atoms with E-state index in [0.717, 1.165) is 24.7 Å². The van der Waals surface area contributed by atoms with E-state index in [1.54, 1.807) is 24.7 Å². The van der Waals surface area contributed by atoms with E-state index in [1.165, 1.54) is 6.07 Å². The summed E-state index contributed by atoms with van der Waals surface area (Å²) in [6.45, 7) is 4.41. The number of likely N-dealkylation sites (tertiary alicyclic amines) is 1. The number of halogens is 2. The maximum absolute atomic E-state index is 13.6. The molecule has 1 aliphatic heterocycles. The van der Waals surface area contributed by atoms with E-state index >= 15 is 0 Å². The maximum atomic E-state index is 13.6. The van der Waals surface area contributed by atoms with E-state index < -0.39 is 11.6 Å². The molecule has 1 amide bonds. The Morgan fingerprint density at radius 1 is 1.24 bits per heavy atom. The molecule has 1 aliphatic rings. The molecule has 7 heteroatoms. The fraction of sp³-hybridized carbons (Fsp3) is 0.444. The summed E-state index contributed by atoms with van der Waals surface area (Å²) in [6, 6.07) is 3.54. The van der Waals surface area contributed by atoms with Crippen LogP contribution in [0.25, 0.3) is 0 Å². The first-order chi connectivity index (χ1) is 11.8. The number of carbonyl (C=O) groups is 1. The van der Waals surface area contributed by atoms with Gasteiger partial charge in [-0.2, -0.15) is 5.10 Å². The van der Waals surface area contributed by atoms with Crippen molar-refractivity contribution in [2.24, 2.45) is 7.05 Å². The molecule has 3 rings (SSSR count). The predicted octanol–water partition coefficient (Wildman–Crippen LogP) is 2.49. The fourth-order valence-corrected chi connectivity index (χ4v) is 3.62. The third-order valence-electron chi connectivity index (χ3n) is 4.99. The third kappa shape index (κ3) is 3.16. The fourth-order valence-electron chi connectivity index (χ4n) is 3.62. The lowest BCUT2D eigenvalue weighted by Crippen LogP contribution is -2.39. The van der Waals surface area contributed by atoms with Gasteiger partial charge in [-0.25, -0.2) is 8.78 Å². The second-order valence-corrected chi connectivity index (χ2v) is 6.64. The van der Waals surface area contributed by atoms with E-state index in [9.17, 15) is 13.6 Å². The second kappa shape index (κ2) is 6.55. The van der Waals surface area contributed by atoms with Crippen LogP contribution in [0.4, 0.5) is 8.78 Å². The van der Waals surface area contributed by atoms with E-state index in [4.69, 9.17) is 0 Å². The van der Waals surface area contributed by atoms with Crippen LogP contribution < -0.4 is 5.32 Å². The Kier molecular flexibility index (Phi) is 4.60. The minimum absolute atomic E-state index is 0.179. The van der Waals surface area contributed by atoms with Crippen LogP contribution in [0.2, 0.25) is 0 Å². The average Bonchev–Trinajstić information content (AvgIpc) is 3.02. The van der Waals surface area contributed by atoms with Gasteiger partial charge in [-0.15, -0.1) is 0 Å². The Morgan fingerprint density at radius 2 is 1.96 bits per heavy atom. The van der Waals surface area contributed by atoms with E-state index in [2.05, 4.69) is 10.4 Å². The largest absolute Gasteiger partial charge is 0.347 e. The topological polar surface area (TPSA) is 50.2 Å². The standard InChI is InChI=1S/C18H22F2N4O/c1-10-16(11(2)24(4)22-10)18(25)21-15-7-8-23(3)17(15)12-5-6-13(19)14(20)9-12/h5-6,9,15,17H,7-8H2,1-4H3,(H,21,25). The summed E-state index contributed by atoms with van der Waals surface area (Å²) in [5, 5.41) is 7.33. The molecule has 2 heterocycles. The Morgan fingerprint density at radius 3 is 2.56 bits per heavy atom. The van der Waals surface area contributed by atoms with Gasteiger partial charge in [-0.05, 0) is 45.0 Å². The number of benzene rings is 1. The number of nitrogens with one attached hydrogen (secondary N) is 1. The summed E-state index contributed by atoms with van der Waals surface area (Å²) >= 11 is 0. The molecule has 0 spiro atoms. The van der Waals surface area contributed by atoms with Crippen molar-refractivity contribution >= 4 is 5.91 Å². The first kappa shape index (κ1) is 17.5. The Balaban J connectivity index is 1.85. The molecule has 134 valence electrons. The number of aryl methyl sites for hydroxylation is 2. The van der Waals surface area contributed by atoms with Crippen molar-refractivity contribution in [3.05, 3.63) is 52.3 Å². The highest BCUT2D eigenvalue weighted by molar-refractivity contribution is 5.96. The second-order valence-electron chi connectivity index (χ2n) is 6.64. The highest BCUT2D eigenvalue weighted by atomic mass is 19.2. The van der Waals surface area contributed by atoms with Crippen LogP contribution in [0.1, 0.15) is 39.8 Å². The summed E-state index contributed by atoms with van der Waals surface area (Å²) in [4.78, 5) is 14.8. The normalized spacial score (nSPS) is 20.9. The number of hydrogen-bond donors (Lipinski definition) is 1. The predicted molar refractivity (Wildman–Crippen MR) is 90.3 cm³/mol. The molecule has 2 aromatic rings. The van der Waals surface area contributed by atoms with Crippen LogP contribution in [0, 0.1) is 25.5 Å². The molecular formula is C18H22F2N4O. The number of nitrogens with zero attached hydrogens (tertiary/aromatic N) is 3. The Bertz CT molecular complexity index is 818. The molecule has 1 aromatic carbocycles. The lowest BCUT2D eigenvalue weighted by Gasteiger charge is -2.26. The minimum atomic E-state index is -0.873. The van der Waals surface area contributed by atoms with Crippen molar-refractivity contribution < 1.29 is 13.6 Å². The molecule has 5 nitrogen and oxygen atoms in total. The zero-order valence-electron chi connectivity index (χ0n) is 14.8. The first-order valence-electron chi connectivity index (χ1n) is 8.26. The lowest BCUT2D eigenvalue weighted by atomic mass is 9.99. The Hall–Kier alpha value is -2.28. The van der Waals surface area contributed by atoms with Crippen molar-refractivity contribution in [3.8, 4) is 0 Å². The van der Waals surface area contributed by atoms with Crippen LogP contribution in [-0.2, 0) is 7.05 Å². The molecule has 1 fully saturated rings. The van der Waals surface area contributed by atoms with Gasteiger partial charge in [0.2, 0.25) is 0 Å². The molecule has 25 heavy (non-hydrogen) atoms. The molecule has 2 unspecified atom stereocenters. The van der Waals surface area contributed by atoms with Crippen molar-refractivity contribution in [3.63, 3.8) is 0 Å². The summed E-state index contributed by atoms with van der Waals surface area (Å²) in [6.07, 6.45) is 0.740. The molecule has 0 aliphatic carbocycles. The van der Waals surface area contributed by atoms with Gasteiger partial charge in [-0.3, -0.25) is 14.4 Å². The van der Waals surface area contributed by atoms with Gasteiger partial charge in [0.25, 0.3) is 5.91 Å².